The first kappa shape index (κ1) is 12.9. The Morgan fingerprint density at radius 3 is 2.39 bits per heavy atom. The normalized spacial score (nSPS) is 15.9. The molecule has 1 heterocycles. The Balaban J connectivity index is 2.56. The third-order valence-corrected chi connectivity index (χ3v) is 4.20. The van der Waals surface area contributed by atoms with E-state index >= 15 is 0 Å². The molecule has 6 heteroatoms. The molecule has 1 aromatic carbocycles. The molecule has 0 unspecified atom stereocenters. The lowest BCUT2D eigenvalue weighted by atomic mass is 10.2. The Bertz CT molecular complexity index is 574. The molecule has 0 radical (unpaired) electrons. The van der Waals surface area contributed by atoms with Crippen LogP contribution in [0.2, 0.25) is 0 Å². The topological polar surface area (TPSA) is 74.7 Å². The van der Waals surface area contributed by atoms with Gasteiger partial charge >= 0.3 is 5.97 Å². The van der Waals surface area contributed by atoms with Crippen molar-refractivity contribution < 1.29 is 18.3 Å². The third-order valence-electron chi connectivity index (χ3n) is 3.05. The molecule has 1 aliphatic heterocycles. The lowest BCUT2D eigenvalue weighted by Gasteiger charge is -2.21. The van der Waals surface area contributed by atoms with Crippen molar-refractivity contribution in [1.82, 2.24) is 0 Å². The maximum absolute atomic E-state index is 11.7. The number of hydrogen-bond acceptors (Lipinski definition) is 4. The minimum Gasteiger partial charge on any atom is -0.478 e. The molecule has 1 aromatic rings. The Hall–Kier alpha value is -1.56. The molecule has 0 aromatic heterocycles. The minimum absolute atomic E-state index is 0.115. The van der Waals surface area contributed by atoms with Crippen LogP contribution >= 0.6 is 0 Å². The summed E-state index contributed by atoms with van der Waals surface area (Å²) >= 11 is 0. The van der Waals surface area contributed by atoms with Gasteiger partial charge in [0.2, 0.25) is 0 Å². The van der Waals surface area contributed by atoms with Crippen LogP contribution in [0.4, 0.5) is 5.69 Å². The number of nitrogens with zero attached hydrogens (tertiary/aromatic N) is 1. The summed E-state index contributed by atoms with van der Waals surface area (Å²) in [6, 6.07) is 4.16. The number of carbonyl (C=O) groups is 1. The molecular formula is C12H15NO4S. The van der Waals surface area contributed by atoms with Crippen LogP contribution in [0.3, 0.4) is 0 Å². The number of carboxylic acid groups (broad SMARTS) is 1. The van der Waals surface area contributed by atoms with E-state index in [1.54, 1.807) is 0 Å². The van der Waals surface area contributed by atoms with E-state index in [4.69, 9.17) is 5.11 Å². The van der Waals surface area contributed by atoms with Crippen LogP contribution in [-0.4, -0.2) is 38.8 Å². The van der Waals surface area contributed by atoms with E-state index in [1.165, 1.54) is 18.2 Å². The molecule has 0 spiro atoms. The second-order valence-electron chi connectivity index (χ2n) is 4.45. The number of rotatable bonds is 3. The molecule has 0 amide bonds. The Morgan fingerprint density at radius 1 is 1.28 bits per heavy atom. The van der Waals surface area contributed by atoms with Gasteiger partial charge in [0.25, 0.3) is 0 Å². The highest BCUT2D eigenvalue weighted by Gasteiger charge is 2.22. The van der Waals surface area contributed by atoms with Crippen molar-refractivity contribution >= 4 is 21.5 Å². The fraction of sp³-hybridized carbons (Fsp3) is 0.417. The van der Waals surface area contributed by atoms with Gasteiger partial charge in [-0.2, -0.15) is 0 Å². The summed E-state index contributed by atoms with van der Waals surface area (Å²) in [6.07, 6.45) is 3.14. The van der Waals surface area contributed by atoms with Gasteiger partial charge < -0.3 is 10.0 Å². The van der Waals surface area contributed by atoms with E-state index in [9.17, 15) is 13.2 Å². The van der Waals surface area contributed by atoms with Crippen molar-refractivity contribution in [2.24, 2.45) is 0 Å². The van der Waals surface area contributed by atoms with Gasteiger partial charge in [-0.1, -0.05) is 0 Å². The lowest BCUT2D eigenvalue weighted by molar-refractivity contribution is 0.0697. The standard InChI is InChI=1S/C12H15NO4S/c1-18(16,17)11-5-4-9(12(14)15)8-10(11)13-6-2-3-7-13/h4-5,8H,2-3,6-7H2,1H3,(H,14,15). The summed E-state index contributed by atoms with van der Waals surface area (Å²) in [6.45, 7) is 1.54. The van der Waals surface area contributed by atoms with Crippen molar-refractivity contribution in [3.63, 3.8) is 0 Å². The zero-order valence-electron chi connectivity index (χ0n) is 10.1. The van der Waals surface area contributed by atoms with Gasteiger partial charge in [-0.25, -0.2) is 13.2 Å². The highest BCUT2D eigenvalue weighted by molar-refractivity contribution is 7.90. The van der Waals surface area contributed by atoms with Gasteiger partial charge in [-0.05, 0) is 31.0 Å². The molecule has 0 aliphatic carbocycles. The van der Waals surface area contributed by atoms with E-state index in [2.05, 4.69) is 0 Å². The molecule has 1 aliphatic rings. The first-order valence-electron chi connectivity index (χ1n) is 5.72. The molecule has 1 fully saturated rings. The number of benzene rings is 1. The molecule has 18 heavy (non-hydrogen) atoms. The average molecular weight is 269 g/mol. The number of aromatic carboxylic acids is 1. The molecule has 1 N–H and O–H groups in total. The molecule has 5 nitrogen and oxygen atoms in total. The van der Waals surface area contributed by atoms with Crippen LogP contribution in [0, 0.1) is 0 Å². The van der Waals surface area contributed by atoms with Gasteiger partial charge in [-0.15, -0.1) is 0 Å². The Morgan fingerprint density at radius 2 is 1.89 bits per heavy atom. The minimum atomic E-state index is -3.35. The summed E-state index contributed by atoms with van der Waals surface area (Å²) in [5.41, 5.74) is 0.624. The van der Waals surface area contributed by atoms with Gasteiger partial charge in [0.05, 0.1) is 16.1 Å². The zero-order chi connectivity index (χ0) is 13.3. The second-order valence-corrected chi connectivity index (χ2v) is 6.44. The van der Waals surface area contributed by atoms with E-state index in [0.29, 0.717) is 5.69 Å². The predicted octanol–water partition coefficient (Wildman–Crippen LogP) is 1.39. The summed E-state index contributed by atoms with van der Waals surface area (Å²) in [4.78, 5) is 13.1. The SMILES string of the molecule is CS(=O)(=O)c1ccc(C(=O)O)cc1N1CCCC1. The maximum Gasteiger partial charge on any atom is 0.335 e. The monoisotopic (exact) mass is 269 g/mol. The van der Waals surface area contributed by atoms with Crippen LogP contribution < -0.4 is 4.90 Å². The fourth-order valence-electron chi connectivity index (χ4n) is 2.17. The summed E-state index contributed by atoms with van der Waals surface area (Å²) < 4.78 is 23.4. The molecule has 0 atom stereocenters. The van der Waals surface area contributed by atoms with Gasteiger partial charge in [0.15, 0.2) is 9.84 Å². The molecule has 1 saturated heterocycles. The van der Waals surface area contributed by atoms with Crippen LogP contribution in [0.5, 0.6) is 0 Å². The largest absolute Gasteiger partial charge is 0.478 e. The number of carboxylic acids is 1. The van der Waals surface area contributed by atoms with Gasteiger partial charge in [0, 0.05) is 19.3 Å². The van der Waals surface area contributed by atoms with Crippen LogP contribution in [0.15, 0.2) is 23.1 Å². The van der Waals surface area contributed by atoms with Crippen LogP contribution in [0.25, 0.3) is 0 Å². The Labute approximate surface area is 106 Å². The number of sulfone groups is 1. The van der Waals surface area contributed by atoms with E-state index in [-0.39, 0.29) is 10.5 Å². The van der Waals surface area contributed by atoms with E-state index in [1.807, 2.05) is 4.90 Å². The molecule has 2 rings (SSSR count). The summed E-state index contributed by atoms with van der Waals surface area (Å²) in [5, 5.41) is 8.98. The highest BCUT2D eigenvalue weighted by atomic mass is 32.2. The van der Waals surface area contributed by atoms with Crippen molar-refractivity contribution in [3.8, 4) is 0 Å². The zero-order valence-corrected chi connectivity index (χ0v) is 10.9. The summed E-state index contributed by atoms with van der Waals surface area (Å²) in [7, 11) is -3.35. The van der Waals surface area contributed by atoms with Crippen molar-refractivity contribution in [3.05, 3.63) is 23.8 Å². The smallest absolute Gasteiger partial charge is 0.335 e. The first-order valence-corrected chi connectivity index (χ1v) is 7.61. The van der Waals surface area contributed by atoms with Crippen molar-refractivity contribution in [1.29, 1.82) is 0 Å². The van der Waals surface area contributed by atoms with E-state index < -0.39 is 15.8 Å². The molecule has 98 valence electrons. The van der Waals surface area contributed by atoms with Crippen LogP contribution in [-0.2, 0) is 9.84 Å². The average Bonchev–Trinajstić information content (AvgIpc) is 2.80. The predicted molar refractivity (Wildman–Crippen MR) is 68.0 cm³/mol. The second kappa shape index (κ2) is 4.61. The summed E-state index contributed by atoms with van der Waals surface area (Å²) in [5.74, 6) is -1.05. The van der Waals surface area contributed by atoms with E-state index in [0.717, 1.165) is 32.2 Å². The van der Waals surface area contributed by atoms with Crippen molar-refractivity contribution in [2.75, 3.05) is 24.2 Å². The maximum atomic E-state index is 11.7. The molecule has 0 saturated carbocycles. The quantitative estimate of drug-likeness (QED) is 0.897. The first-order chi connectivity index (χ1) is 8.39. The highest BCUT2D eigenvalue weighted by Crippen LogP contribution is 2.29. The fourth-order valence-corrected chi connectivity index (χ4v) is 3.05. The Kier molecular flexibility index (Phi) is 3.30. The number of hydrogen-bond donors (Lipinski definition) is 1. The lowest BCUT2D eigenvalue weighted by Crippen LogP contribution is -2.21. The molecular weight excluding hydrogens is 254 g/mol. The third kappa shape index (κ3) is 2.48. The number of anilines is 1. The van der Waals surface area contributed by atoms with Gasteiger partial charge in [0.1, 0.15) is 0 Å². The molecule has 0 bridgehead atoms. The van der Waals surface area contributed by atoms with Gasteiger partial charge in [-0.3, -0.25) is 0 Å². The van der Waals surface area contributed by atoms with Crippen LogP contribution in [0.1, 0.15) is 23.2 Å². The van der Waals surface area contributed by atoms with Crippen molar-refractivity contribution in [2.45, 2.75) is 17.7 Å².